The van der Waals surface area contributed by atoms with Crippen LogP contribution in [0, 0.1) is 0 Å². The van der Waals surface area contributed by atoms with Crippen LogP contribution in [0.25, 0.3) is 0 Å². The molecule has 0 amide bonds. The average Bonchev–Trinajstić information content (AvgIpc) is 2.56. The number of hydrogen-bond acceptors (Lipinski definition) is 4. The molecule has 0 saturated carbocycles. The summed E-state index contributed by atoms with van der Waals surface area (Å²) in [6, 6.07) is 0. The molecule has 22 heavy (non-hydrogen) atoms. The second kappa shape index (κ2) is 24.6. The molecule has 0 aliphatic heterocycles. The number of methoxy groups -OCH3 is 1. The smallest absolute Gasteiger partial charge is 0.111 e. The second-order valence-corrected chi connectivity index (χ2v) is 3.66. The molecule has 0 spiro atoms. The van der Waals surface area contributed by atoms with Crippen molar-refractivity contribution in [1.82, 2.24) is 0 Å². The van der Waals surface area contributed by atoms with Crippen molar-refractivity contribution in [2.24, 2.45) is 4.99 Å². The molecule has 0 aromatic rings. The van der Waals surface area contributed by atoms with Crippen LogP contribution in [0.1, 0.15) is 41.0 Å². The van der Waals surface area contributed by atoms with Gasteiger partial charge in [-0.1, -0.05) is 45.9 Å². The molecule has 0 fully saturated rings. The fourth-order valence-corrected chi connectivity index (χ4v) is 1.17. The fraction of sp³-hybridized carbons (Fsp3) is 0.611. The van der Waals surface area contributed by atoms with Gasteiger partial charge in [-0.2, -0.15) is 0 Å². The number of aliphatic hydroxyl groups is 1. The Morgan fingerprint density at radius 3 is 2.32 bits per heavy atom. The maximum Gasteiger partial charge on any atom is 0.111 e. The first-order valence-corrected chi connectivity index (χ1v) is 7.95. The largest absolute Gasteiger partial charge is 0.499 e. The van der Waals surface area contributed by atoms with Crippen molar-refractivity contribution in [1.29, 1.82) is 0 Å². The van der Waals surface area contributed by atoms with Crippen LogP contribution in [0.4, 0.5) is 0 Å². The maximum absolute atomic E-state index is 9.55. The fourth-order valence-electron chi connectivity index (χ4n) is 1.17. The van der Waals surface area contributed by atoms with E-state index in [0.29, 0.717) is 26.2 Å². The zero-order valence-corrected chi connectivity index (χ0v) is 15.2. The summed E-state index contributed by atoms with van der Waals surface area (Å²) in [6.45, 7) is 14.8. The van der Waals surface area contributed by atoms with Gasteiger partial charge in [0.05, 0.1) is 25.5 Å². The molecule has 4 heteroatoms. The molecule has 1 atom stereocenters. The molecule has 0 aliphatic rings. The van der Waals surface area contributed by atoms with E-state index in [9.17, 15) is 5.11 Å². The van der Waals surface area contributed by atoms with Crippen LogP contribution in [-0.4, -0.2) is 44.8 Å². The van der Waals surface area contributed by atoms with Gasteiger partial charge in [0, 0.05) is 7.11 Å². The zero-order valence-electron chi connectivity index (χ0n) is 15.2. The Kier molecular flexibility index (Phi) is 28.6. The molecule has 130 valence electrons. The van der Waals surface area contributed by atoms with Gasteiger partial charge in [-0.05, 0) is 31.7 Å². The van der Waals surface area contributed by atoms with Crippen molar-refractivity contribution < 1.29 is 14.6 Å². The summed E-state index contributed by atoms with van der Waals surface area (Å²) in [5, 5.41) is 9.55. The third kappa shape index (κ3) is 20.9. The summed E-state index contributed by atoms with van der Waals surface area (Å²) in [6.07, 6.45) is 9.42. The first kappa shape index (κ1) is 25.6. The Hall–Kier alpha value is -1.39. The van der Waals surface area contributed by atoms with Crippen molar-refractivity contribution in [3.63, 3.8) is 0 Å². The Morgan fingerprint density at radius 1 is 1.18 bits per heavy atom. The van der Waals surface area contributed by atoms with Gasteiger partial charge in [0.15, 0.2) is 0 Å². The van der Waals surface area contributed by atoms with Gasteiger partial charge in [0.2, 0.25) is 0 Å². The van der Waals surface area contributed by atoms with Gasteiger partial charge in [-0.25, -0.2) is 0 Å². The van der Waals surface area contributed by atoms with Crippen molar-refractivity contribution in [2.45, 2.75) is 47.1 Å². The Bertz CT molecular complexity index is 295. The Morgan fingerprint density at radius 2 is 1.82 bits per heavy atom. The number of rotatable bonds is 10. The lowest BCUT2D eigenvalue weighted by molar-refractivity contribution is 0.123. The summed E-state index contributed by atoms with van der Waals surface area (Å²) in [5.41, 5.74) is 0.861. The van der Waals surface area contributed by atoms with Crippen LogP contribution in [-0.2, 0) is 9.47 Å². The minimum Gasteiger partial charge on any atom is -0.499 e. The van der Waals surface area contributed by atoms with E-state index < -0.39 is 6.10 Å². The Balaban J connectivity index is -0.000000826. The second-order valence-electron chi connectivity index (χ2n) is 3.66. The van der Waals surface area contributed by atoms with Gasteiger partial charge in [0.1, 0.15) is 6.61 Å². The summed E-state index contributed by atoms with van der Waals surface area (Å²) in [5.74, 6) is 0. The third-order valence-electron chi connectivity index (χ3n) is 2.11. The summed E-state index contributed by atoms with van der Waals surface area (Å²) in [7, 11) is 1.63. The topological polar surface area (TPSA) is 51.0 Å². The van der Waals surface area contributed by atoms with Crippen molar-refractivity contribution >= 4 is 6.72 Å². The molecule has 0 aliphatic carbocycles. The molecular formula is C18H35NO3. The van der Waals surface area contributed by atoms with E-state index in [1.165, 1.54) is 0 Å². The molecule has 0 bridgehead atoms. The number of aliphatic hydroxyl groups excluding tert-OH is 1. The van der Waals surface area contributed by atoms with E-state index in [0.717, 1.165) is 5.57 Å². The van der Waals surface area contributed by atoms with Crippen molar-refractivity contribution in [2.75, 3.05) is 26.9 Å². The molecular weight excluding hydrogens is 278 g/mol. The lowest BCUT2D eigenvalue weighted by atomic mass is 10.1. The van der Waals surface area contributed by atoms with Crippen LogP contribution < -0.4 is 0 Å². The van der Waals surface area contributed by atoms with Gasteiger partial charge >= 0.3 is 0 Å². The Labute approximate surface area is 137 Å². The molecule has 0 radical (unpaired) electrons. The molecule has 1 unspecified atom stereocenters. The van der Waals surface area contributed by atoms with Crippen molar-refractivity contribution in [3.8, 4) is 0 Å². The first-order chi connectivity index (χ1) is 10.7. The standard InChI is InChI=1S/C14H23NO3.2C2H6/c1-13(16)14(8-6-9-15-2)7-4-5-10-18-12-11-17-3;2*1-2/h5-8,10,13,16H,2,4,9,11-12H2,1,3H3;2*1-2H3/b8-6-,10-5+,14-7+;;. The van der Waals surface area contributed by atoms with E-state index in [1.807, 2.05) is 52.0 Å². The van der Waals surface area contributed by atoms with Crippen LogP contribution in [0.2, 0.25) is 0 Å². The quantitative estimate of drug-likeness (QED) is 0.285. The predicted molar refractivity (Wildman–Crippen MR) is 97.6 cm³/mol. The highest BCUT2D eigenvalue weighted by Crippen LogP contribution is 2.06. The zero-order chi connectivity index (χ0) is 17.6. The molecule has 0 saturated heterocycles. The van der Waals surface area contributed by atoms with Crippen LogP contribution >= 0.6 is 0 Å². The summed E-state index contributed by atoms with van der Waals surface area (Å²) >= 11 is 0. The highest BCUT2D eigenvalue weighted by molar-refractivity contribution is 5.26. The van der Waals surface area contributed by atoms with E-state index >= 15 is 0 Å². The number of ether oxygens (including phenoxy) is 2. The summed E-state index contributed by atoms with van der Waals surface area (Å²) < 4.78 is 10.0. The molecule has 1 N–H and O–H groups in total. The number of allylic oxidation sites excluding steroid dienone is 2. The van der Waals surface area contributed by atoms with Gasteiger partial charge < -0.3 is 14.6 Å². The highest BCUT2D eigenvalue weighted by Gasteiger charge is 1.98. The highest BCUT2D eigenvalue weighted by atomic mass is 16.5. The molecule has 0 aromatic carbocycles. The SMILES string of the molecule is C=NC/C=C\C(=C/C/C=C/OCCOC)C(C)O.CC.CC. The molecule has 0 heterocycles. The number of aliphatic imine (C=N–C) groups is 1. The summed E-state index contributed by atoms with van der Waals surface area (Å²) in [4.78, 5) is 3.71. The number of nitrogens with zero attached hydrogens (tertiary/aromatic N) is 1. The molecule has 0 rings (SSSR count). The first-order valence-electron chi connectivity index (χ1n) is 7.95. The number of hydrogen-bond donors (Lipinski definition) is 1. The van der Waals surface area contributed by atoms with Crippen LogP contribution in [0.15, 0.2) is 41.1 Å². The maximum atomic E-state index is 9.55. The monoisotopic (exact) mass is 313 g/mol. The van der Waals surface area contributed by atoms with E-state index in [1.54, 1.807) is 20.3 Å². The molecule has 4 nitrogen and oxygen atoms in total. The lowest BCUT2D eigenvalue weighted by Crippen LogP contribution is -2.02. The molecule has 0 aromatic heterocycles. The van der Waals surface area contributed by atoms with Gasteiger partial charge in [-0.15, -0.1) is 0 Å². The predicted octanol–water partition coefficient (Wildman–Crippen LogP) is 4.17. The normalized spacial score (nSPS) is 12.2. The third-order valence-corrected chi connectivity index (χ3v) is 2.11. The van der Waals surface area contributed by atoms with Crippen LogP contribution in [0.3, 0.4) is 0 Å². The minimum atomic E-state index is -0.492. The van der Waals surface area contributed by atoms with Crippen molar-refractivity contribution in [3.05, 3.63) is 36.1 Å². The van der Waals surface area contributed by atoms with E-state index in [2.05, 4.69) is 11.7 Å². The van der Waals surface area contributed by atoms with Crippen LogP contribution in [0.5, 0.6) is 0 Å². The van der Waals surface area contributed by atoms with Gasteiger partial charge in [-0.3, -0.25) is 4.99 Å². The van der Waals surface area contributed by atoms with E-state index in [-0.39, 0.29) is 0 Å². The lowest BCUT2D eigenvalue weighted by Gasteiger charge is -2.04. The average molecular weight is 313 g/mol. The minimum absolute atomic E-state index is 0.492. The van der Waals surface area contributed by atoms with E-state index in [4.69, 9.17) is 9.47 Å². The van der Waals surface area contributed by atoms with Gasteiger partial charge in [0.25, 0.3) is 0 Å².